The lowest BCUT2D eigenvalue weighted by Crippen LogP contribution is -2.41. The summed E-state index contributed by atoms with van der Waals surface area (Å²) in [5.41, 5.74) is 0.818. The Balaban J connectivity index is 2.14. The minimum Gasteiger partial charge on any atom is -0.315 e. The molecule has 0 atom stereocenters. The Labute approximate surface area is 194 Å². The van der Waals surface area contributed by atoms with Gasteiger partial charge < -0.3 is 15.5 Å². The van der Waals surface area contributed by atoms with Gasteiger partial charge in [0.05, 0.1) is 21.9 Å². The highest BCUT2D eigenvalue weighted by Gasteiger charge is 2.26. The molecule has 0 saturated heterocycles. The Kier molecular flexibility index (Phi) is 7.66. The highest BCUT2D eigenvalue weighted by molar-refractivity contribution is 6.36. The summed E-state index contributed by atoms with van der Waals surface area (Å²) < 4.78 is 1.80. The van der Waals surface area contributed by atoms with Crippen molar-refractivity contribution in [3.05, 3.63) is 40.0 Å². The first kappa shape index (κ1) is 25.0. The van der Waals surface area contributed by atoms with Crippen molar-refractivity contribution in [3.8, 4) is 0 Å². The Morgan fingerprint density at radius 2 is 1.71 bits per heavy atom. The fourth-order valence-corrected chi connectivity index (χ4v) is 3.27. The third-order valence-corrected chi connectivity index (χ3v) is 5.10. The lowest BCUT2D eigenvalue weighted by Gasteiger charge is -2.24. The largest absolute Gasteiger partial charge is 0.322 e. The van der Waals surface area contributed by atoms with Crippen LogP contribution in [0.4, 0.5) is 16.3 Å². The number of likely N-dealkylation sites (N-methyl/N-ethyl adjacent to an activating group) is 1. The molecule has 2 rings (SSSR count). The highest BCUT2D eigenvalue weighted by atomic mass is 35.5. The number of urea groups is 1. The molecular formula is C22H31Cl2N5O2. The number of carbonyl (C=O) groups excluding carboxylic acids is 2. The number of carbonyl (C=O) groups is 2. The van der Waals surface area contributed by atoms with Crippen LogP contribution >= 0.6 is 23.2 Å². The number of hydrogen-bond acceptors (Lipinski definition) is 3. The van der Waals surface area contributed by atoms with Crippen molar-refractivity contribution in [1.29, 1.82) is 0 Å². The van der Waals surface area contributed by atoms with E-state index in [1.54, 1.807) is 29.8 Å². The SMILES string of the molecule is CCN(CC(=O)Nc1cc(C(C)(C)C)nn1C(C)(C)C)C(=O)Nc1ccc(Cl)cc1Cl. The van der Waals surface area contributed by atoms with Gasteiger partial charge in [0.25, 0.3) is 0 Å². The molecule has 2 N–H and O–H groups in total. The van der Waals surface area contributed by atoms with Crippen LogP contribution in [0.5, 0.6) is 0 Å². The second kappa shape index (κ2) is 9.49. The summed E-state index contributed by atoms with van der Waals surface area (Å²) in [5, 5.41) is 11.1. The molecule has 0 unspecified atom stereocenters. The van der Waals surface area contributed by atoms with Crippen molar-refractivity contribution in [2.24, 2.45) is 0 Å². The van der Waals surface area contributed by atoms with E-state index in [1.807, 2.05) is 26.8 Å². The number of halogens is 2. The molecule has 0 fully saturated rings. The van der Waals surface area contributed by atoms with E-state index in [4.69, 9.17) is 28.3 Å². The number of nitrogens with zero attached hydrogens (tertiary/aromatic N) is 3. The van der Waals surface area contributed by atoms with Crippen LogP contribution in [0.2, 0.25) is 10.0 Å². The van der Waals surface area contributed by atoms with Crippen LogP contribution in [0.3, 0.4) is 0 Å². The summed E-state index contributed by atoms with van der Waals surface area (Å²) in [7, 11) is 0. The minimum absolute atomic E-state index is 0.117. The average Bonchev–Trinajstić information content (AvgIpc) is 3.06. The minimum atomic E-state index is -0.429. The zero-order valence-electron chi connectivity index (χ0n) is 19.1. The molecule has 31 heavy (non-hydrogen) atoms. The van der Waals surface area contributed by atoms with Gasteiger partial charge in [0.15, 0.2) is 0 Å². The number of nitrogens with one attached hydrogen (secondary N) is 2. The third-order valence-electron chi connectivity index (χ3n) is 4.56. The number of rotatable bonds is 5. The summed E-state index contributed by atoms with van der Waals surface area (Å²) in [5.74, 6) is 0.282. The maximum atomic E-state index is 12.8. The molecule has 1 aromatic carbocycles. The molecule has 9 heteroatoms. The van der Waals surface area contributed by atoms with Crippen LogP contribution < -0.4 is 10.6 Å². The van der Waals surface area contributed by atoms with Gasteiger partial charge in [-0.1, -0.05) is 44.0 Å². The quantitative estimate of drug-likeness (QED) is 0.588. The van der Waals surface area contributed by atoms with E-state index in [0.29, 0.717) is 28.1 Å². The van der Waals surface area contributed by atoms with Gasteiger partial charge in [0.1, 0.15) is 12.4 Å². The first-order chi connectivity index (χ1) is 14.2. The Morgan fingerprint density at radius 3 is 2.23 bits per heavy atom. The summed E-state index contributed by atoms with van der Waals surface area (Å²) >= 11 is 12.0. The van der Waals surface area contributed by atoms with E-state index in [0.717, 1.165) is 5.69 Å². The molecule has 0 saturated carbocycles. The van der Waals surface area contributed by atoms with Gasteiger partial charge in [-0.05, 0) is 45.9 Å². The van der Waals surface area contributed by atoms with Crippen LogP contribution in [0.15, 0.2) is 24.3 Å². The summed E-state index contributed by atoms with van der Waals surface area (Å²) in [6, 6.07) is 6.25. The molecule has 0 aliphatic carbocycles. The van der Waals surface area contributed by atoms with E-state index in [9.17, 15) is 9.59 Å². The molecule has 1 aromatic heterocycles. The topological polar surface area (TPSA) is 79.3 Å². The van der Waals surface area contributed by atoms with Crippen molar-refractivity contribution < 1.29 is 9.59 Å². The number of anilines is 2. The second-order valence-electron chi connectivity index (χ2n) is 9.36. The second-order valence-corrected chi connectivity index (χ2v) is 10.2. The fourth-order valence-electron chi connectivity index (χ4n) is 2.82. The average molecular weight is 468 g/mol. The van der Waals surface area contributed by atoms with Crippen LogP contribution in [0, 0.1) is 0 Å². The first-order valence-corrected chi connectivity index (χ1v) is 10.9. The normalized spacial score (nSPS) is 11.9. The molecule has 0 radical (unpaired) electrons. The molecule has 0 aliphatic heterocycles. The van der Waals surface area contributed by atoms with Gasteiger partial charge in [-0.25, -0.2) is 9.48 Å². The predicted molar refractivity (Wildman–Crippen MR) is 127 cm³/mol. The zero-order valence-corrected chi connectivity index (χ0v) is 20.6. The van der Waals surface area contributed by atoms with Gasteiger partial charge >= 0.3 is 6.03 Å². The standard InChI is InChI=1S/C22H31Cl2N5O2/c1-8-28(20(31)25-16-10-9-14(23)11-15(16)24)13-19(30)26-18-12-17(21(2,3)4)27-29(18)22(5,6)7/h9-12H,8,13H2,1-7H3,(H,25,31)(H,26,30). The zero-order chi connectivity index (χ0) is 23.6. The van der Waals surface area contributed by atoms with Crippen molar-refractivity contribution in [2.75, 3.05) is 23.7 Å². The van der Waals surface area contributed by atoms with E-state index in [2.05, 4.69) is 31.4 Å². The fraction of sp³-hybridized carbons (Fsp3) is 0.500. The molecule has 2 aromatic rings. The number of aromatic nitrogens is 2. The Hall–Kier alpha value is -2.25. The van der Waals surface area contributed by atoms with Crippen LogP contribution in [-0.4, -0.2) is 39.7 Å². The van der Waals surface area contributed by atoms with Crippen LogP contribution in [-0.2, 0) is 15.7 Å². The van der Waals surface area contributed by atoms with Gasteiger partial charge in [-0.3, -0.25) is 4.79 Å². The van der Waals surface area contributed by atoms with Crippen molar-refractivity contribution in [1.82, 2.24) is 14.7 Å². The van der Waals surface area contributed by atoms with E-state index in [1.165, 1.54) is 4.90 Å². The summed E-state index contributed by atoms with van der Waals surface area (Å²) in [6.45, 7) is 14.3. The monoisotopic (exact) mass is 467 g/mol. The molecular weight excluding hydrogens is 437 g/mol. The number of hydrogen-bond donors (Lipinski definition) is 2. The van der Waals surface area contributed by atoms with E-state index >= 15 is 0 Å². The Morgan fingerprint density at radius 1 is 1.06 bits per heavy atom. The molecule has 170 valence electrons. The van der Waals surface area contributed by atoms with Crippen molar-refractivity contribution >= 4 is 46.6 Å². The third kappa shape index (κ3) is 6.61. The maximum Gasteiger partial charge on any atom is 0.322 e. The molecule has 0 bridgehead atoms. The summed E-state index contributed by atoms with van der Waals surface area (Å²) in [6.07, 6.45) is 0. The predicted octanol–water partition coefficient (Wildman–Crippen LogP) is 5.73. The van der Waals surface area contributed by atoms with Crippen LogP contribution in [0.1, 0.15) is 54.2 Å². The molecule has 1 heterocycles. The summed E-state index contributed by atoms with van der Waals surface area (Å²) in [4.78, 5) is 26.8. The first-order valence-electron chi connectivity index (χ1n) is 10.1. The van der Waals surface area contributed by atoms with E-state index < -0.39 is 6.03 Å². The smallest absolute Gasteiger partial charge is 0.315 e. The molecule has 0 spiro atoms. The van der Waals surface area contributed by atoms with Crippen molar-refractivity contribution in [3.63, 3.8) is 0 Å². The van der Waals surface area contributed by atoms with E-state index in [-0.39, 0.29) is 23.4 Å². The Bertz CT molecular complexity index is 958. The molecule has 0 aliphatic rings. The van der Waals surface area contributed by atoms with Gasteiger partial charge in [0.2, 0.25) is 5.91 Å². The number of amides is 3. The van der Waals surface area contributed by atoms with Crippen LogP contribution in [0.25, 0.3) is 0 Å². The highest BCUT2D eigenvalue weighted by Crippen LogP contribution is 2.28. The maximum absolute atomic E-state index is 12.8. The van der Waals surface area contributed by atoms with Gasteiger partial charge in [0, 0.05) is 23.0 Å². The molecule has 3 amide bonds. The van der Waals surface area contributed by atoms with Crippen molar-refractivity contribution in [2.45, 2.75) is 59.4 Å². The molecule has 7 nitrogen and oxygen atoms in total. The van der Waals surface area contributed by atoms with Gasteiger partial charge in [-0.15, -0.1) is 0 Å². The van der Waals surface area contributed by atoms with Gasteiger partial charge in [-0.2, -0.15) is 5.10 Å². The lowest BCUT2D eigenvalue weighted by molar-refractivity contribution is -0.116. The lowest BCUT2D eigenvalue weighted by atomic mass is 9.92. The number of benzene rings is 1.